The standard InChI is InChI=1S/C32H42ClN7O3/c1-4-29(41)35-16-8-5-9-17-40-18-14-22(15-19-40)23-12-13-27(28(20-23)43-3)38-32-36-21-25(33)30(39-32)37-26-11-7-6-10-24(26)31(42)34-2/h6-7,10-13,20-22H,4-5,8-9,14-19H2,1-3H3,(H,34,42)(H,35,41)(H2,36,37,38,39). The number of carbonyl (C=O) groups excluding carboxylic acids is 2. The van der Waals surface area contributed by atoms with Gasteiger partial charge in [-0.1, -0.05) is 43.1 Å². The van der Waals surface area contributed by atoms with Crippen LogP contribution in [-0.4, -0.2) is 67.0 Å². The van der Waals surface area contributed by atoms with Crippen LogP contribution in [0.4, 0.5) is 23.1 Å². The molecule has 2 amide bonds. The van der Waals surface area contributed by atoms with Crippen molar-refractivity contribution in [1.29, 1.82) is 0 Å². The Hall–Kier alpha value is -3.89. The highest BCUT2D eigenvalue weighted by molar-refractivity contribution is 6.33. The molecule has 3 aromatic rings. The van der Waals surface area contributed by atoms with Gasteiger partial charge in [-0.2, -0.15) is 4.98 Å². The highest BCUT2D eigenvalue weighted by Gasteiger charge is 2.22. The van der Waals surface area contributed by atoms with Crippen molar-refractivity contribution in [3.63, 3.8) is 0 Å². The van der Waals surface area contributed by atoms with Crippen molar-refractivity contribution in [3.05, 3.63) is 64.8 Å². The van der Waals surface area contributed by atoms with Gasteiger partial charge in [-0.3, -0.25) is 9.59 Å². The molecular weight excluding hydrogens is 566 g/mol. The van der Waals surface area contributed by atoms with Gasteiger partial charge in [-0.05, 0) is 81.1 Å². The van der Waals surface area contributed by atoms with Crippen molar-refractivity contribution >= 4 is 46.6 Å². The molecule has 0 aliphatic carbocycles. The Bertz CT molecular complexity index is 1380. The van der Waals surface area contributed by atoms with Crippen molar-refractivity contribution in [2.75, 3.05) is 51.0 Å². The van der Waals surface area contributed by atoms with Crippen LogP contribution in [0.1, 0.15) is 67.3 Å². The van der Waals surface area contributed by atoms with E-state index in [1.165, 1.54) is 11.8 Å². The van der Waals surface area contributed by atoms with E-state index < -0.39 is 0 Å². The normalized spacial score (nSPS) is 13.8. The fourth-order valence-corrected chi connectivity index (χ4v) is 5.37. The number of aromatic nitrogens is 2. The van der Waals surface area contributed by atoms with E-state index in [0.717, 1.165) is 64.0 Å². The third-order valence-corrected chi connectivity index (χ3v) is 8.00. The molecule has 1 aliphatic rings. The molecule has 2 aromatic carbocycles. The molecule has 2 heterocycles. The number of methoxy groups -OCH3 is 1. The molecule has 0 saturated carbocycles. The third kappa shape index (κ3) is 9.05. The van der Waals surface area contributed by atoms with Crippen molar-refractivity contribution in [1.82, 2.24) is 25.5 Å². The van der Waals surface area contributed by atoms with Gasteiger partial charge in [0.05, 0.1) is 30.2 Å². The van der Waals surface area contributed by atoms with Crippen molar-refractivity contribution in [2.45, 2.75) is 51.4 Å². The van der Waals surface area contributed by atoms with Crippen molar-refractivity contribution in [3.8, 4) is 5.75 Å². The smallest absolute Gasteiger partial charge is 0.253 e. The molecule has 11 heteroatoms. The lowest BCUT2D eigenvalue weighted by atomic mass is 9.89. The van der Waals surface area contributed by atoms with E-state index in [4.69, 9.17) is 16.3 Å². The number of nitrogens with zero attached hydrogens (tertiary/aromatic N) is 3. The van der Waals surface area contributed by atoms with Gasteiger partial charge in [-0.15, -0.1) is 0 Å². The Kier molecular flexibility index (Phi) is 12.0. The van der Waals surface area contributed by atoms with Gasteiger partial charge in [0, 0.05) is 20.0 Å². The number of ether oxygens (including phenoxy) is 1. The molecule has 1 aliphatic heterocycles. The molecule has 10 nitrogen and oxygen atoms in total. The van der Waals surface area contributed by atoms with E-state index in [0.29, 0.717) is 46.1 Å². The number of halogens is 1. The maximum absolute atomic E-state index is 12.3. The van der Waals surface area contributed by atoms with Crippen LogP contribution in [0, 0.1) is 0 Å². The Morgan fingerprint density at radius 3 is 2.58 bits per heavy atom. The molecule has 0 bridgehead atoms. The Balaban J connectivity index is 1.33. The fourth-order valence-electron chi connectivity index (χ4n) is 5.23. The van der Waals surface area contributed by atoms with E-state index in [1.54, 1.807) is 32.4 Å². The number of amides is 2. The second-order valence-electron chi connectivity index (χ2n) is 10.6. The van der Waals surface area contributed by atoms with Crippen LogP contribution in [0.5, 0.6) is 5.75 Å². The Morgan fingerprint density at radius 2 is 1.84 bits per heavy atom. The van der Waals surface area contributed by atoms with Crippen LogP contribution in [-0.2, 0) is 4.79 Å². The zero-order chi connectivity index (χ0) is 30.6. The number of hydrogen-bond donors (Lipinski definition) is 4. The molecule has 43 heavy (non-hydrogen) atoms. The summed E-state index contributed by atoms with van der Waals surface area (Å²) in [6.07, 6.45) is 7.60. The van der Waals surface area contributed by atoms with Gasteiger partial charge < -0.3 is 30.9 Å². The molecule has 0 atom stereocenters. The summed E-state index contributed by atoms with van der Waals surface area (Å²) >= 11 is 6.40. The summed E-state index contributed by atoms with van der Waals surface area (Å²) in [6, 6.07) is 13.4. The number of para-hydroxylation sites is 1. The van der Waals surface area contributed by atoms with E-state index in [-0.39, 0.29) is 11.8 Å². The Morgan fingerprint density at radius 1 is 1.05 bits per heavy atom. The first-order valence-corrected chi connectivity index (χ1v) is 15.3. The van der Waals surface area contributed by atoms with Crippen LogP contribution in [0.25, 0.3) is 0 Å². The van der Waals surface area contributed by atoms with Crippen LogP contribution < -0.4 is 26.0 Å². The number of piperidine rings is 1. The predicted octanol–water partition coefficient (Wildman–Crippen LogP) is 5.86. The highest BCUT2D eigenvalue weighted by atomic mass is 35.5. The molecule has 0 radical (unpaired) electrons. The minimum absolute atomic E-state index is 0.129. The van der Waals surface area contributed by atoms with Gasteiger partial charge in [0.2, 0.25) is 11.9 Å². The summed E-state index contributed by atoms with van der Waals surface area (Å²) in [7, 11) is 3.24. The summed E-state index contributed by atoms with van der Waals surface area (Å²) in [6.45, 7) is 5.92. The maximum Gasteiger partial charge on any atom is 0.253 e. The molecule has 4 rings (SSSR count). The summed E-state index contributed by atoms with van der Waals surface area (Å²) in [4.78, 5) is 35.1. The lowest BCUT2D eigenvalue weighted by molar-refractivity contribution is -0.120. The maximum atomic E-state index is 12.3. The van der Waals surface area contributed by atoms with Crippen LogP contribution in [0.3, 0.4) is 0 Å². The van der Waals surface area contributed by atoms with Gasteiger partial charge in [0.1, 0.15) is 10.8 Å². The van der Waals surface area contributed by atoms with Gasteiger partial charge in [0.15, 0.2) is 5.82 Å². The van der Waals surface area contributed by atoms with Crippen LogP contribution >= 0.6 is 11.6 Å². The SMILES string of the molecule is CCC(=O)NCCCCCN1CCC(c2ccc(Nc3ncc(Cl)c(Nc4ccccc4C(=O)NC)n3)c(OC)c2)CC1. The minimum atomic E-state index is -0.215. The number of nitrogens with one attached hydrogen (secondary N) is 4. The second kappa shape index (κ2) is 16.1. The topological polar surface area (TPSA) is 121 Å². The summed E-state index contributed by atoms with van der Waals surface area (Å²) in [5.41, 5.74) is 3.07. The molecule has 4 N–H and O–H groups in total. The molecule has 0 unspecified atom stereocenters. The lowest BCUT2D eigenvalue weighted by Gasteiger charge is -2.32. The Labute approximate surface area is 259 Å². The second-order valence-corrected chi connectivity index (χ2v) is 11.0. The first kappa shape index (κ1) is 32.0. The van der Waals surface area contributed by atoms with Crippen molar-refractivity contribution < 1.29 is 14.3 Å². The monoisotopic (exact) mass is 607 g/mol. The number of carbonyl (C=O) groups is 2. The first-order chi connectivity index (χ1) is 20.9. The quantitative estimate of drug-likeness (QED) is 0.168. The highest BCUT2D eigenvalue weighted by Crippen LogP contribution is 2.35. The van der Waals surface area contributed by atoms with Gasteiger partial charge >= 0.3 is 0 Å². The number of hydrogen-bond acceptors (Lipinski definition) is 8. The fraction of sp³-hybridized carbons (Fsp3) is 0.438. The van der Waals surface area contributed by atoms with E-state index in [1.807, 2.05) is 19.1 Å². The molecule has 0 spiro atoms. The summed E-state index contributed by atoms with van der Waals surface area (Å²) < 4.78 is 5.74. The molecule has 1 fully saturated rings. The first-order valence-electron chi connectivity index (χ1n) is 15.0. The largest absolute Gasteiger partial charge is 0.495 e. The minimum Gasteiger partial charge on any atom is -0.495 e. The van der Waals surface area contributed by atoms with Crippen LogP contribution in [0.2, 0.25) is 5.02 Å². The molecule has 1 aromatic heterocycles. The van der Waals surface area contributed by atoms with Crippen LogP contribution in [0.15, 0.2) is 48.7 Å². The zero-order valence-electron chi connectivity index (χ0n) is 25.2. The average molecular weight is 608 g/mol. The summed E-state index contributed by atoms with van der Waals surface area (Å²) in [5, 5.41) is 12.3. The number of likely N-dealkylation sites (tertiary alicyclic amines) is 1. The average Bonchev–Trinajstić information content (AvgIpc) is 3.04. The number of anilines is 4. The van der Waals surface area contributed by atoms with E-state index >= 15 is 0 Å². The number of unbranched alkanes of at least 4 members (excludes halogenated alkanes) is 2. The summed E-state index contributed by atoms with van der Waals surface area (Å²) in [5.74, 6) is 1.83. The lowest BCUT2D eigenvalue weighted by Crippen LogP contribution is -2.33. The zero-order valence-corrected chi connectivity index (χ0v) is 26.0. The van der Waals surface area contributed by atoms with Gasteiger partial charge in [-0.25, -0.2) is 4.98 Å². The molecule has 1 saturated heterocycles. The van der Waals surface area contributed by atoms with E-state index in [2.05, 4.69) is 48.3 Å². The van der Waals surface area contributed by atoms with E-state index in [9.17, 15) is 9.59 Å². The van der Waals surface area contributed by atoms with Crippen molar-refractivity contribution in [2.24, 2.45) is 0 Å². The third-order valence-electron chi connectivity index (χ3n) is 7.72. The number of benzene rings is 2. The molecule has 230 valence electrons. The molecular formula is C32H42ClN7O3. The predicted molar refractivity (Wildman–Crippen MR) is 172 cm³/mol. The number of rotatable bonds is 14. The van der Waals surface area contributed by atoms with Gasteiger partial charge in [0.25, 0.3) is 5.91 Å².